The number of nitrogens with zero attached hydrogens (tertiary/aromatic N) is 1. The summed E-state index contributed by atoms with van der Waals surface area (Å²) in [5.74, 6) is 0.873. The monoisotopic (exact) mass is 470 g/mol. The van der Waals surface area contributed by atoms with Gasteiger partial charge in [0.25, 0.3) is 5.91 Å². The highest BCUT2D eigenvalue weighted by molar-refractivity contribution is 14.0. The average molecular weight is 470 g/mol. The lowest BCUT2D eigenvalue weighted by Crippen LogP contribution is -2.44. The Labute approximate surface area is 158 Å². The normalized spacial score (nSPS) is 19.4. The van der Waals surface area contributed by atoms with Gasteiger partial charge in [0.1, 0.15) is 0 Å². The molecular weight excluding hydrogens is 447 g/mol. The number of guanidine groups is 1. The van der Waals surface area contributed by atoms with E-state index in [9.17, 15) is 13.2 Å². The summed E-state index contributed by atoms with van der Waals surface area (Å²) in [6, 6.07) is 3.12. The number of aliphatic imine (C=N–C) groups is 1. The fraction of sp³-hybridized carbons (Fsp3) is 0.571. The van der Waals surface area contributed by atoms with Crippen LogP contribution in [0.5, 0.6) is 0 Å². The van der Waals surface area contributed by atoms with Crippen molar-refractivity contribution in [1.29, 1.82) is 0 Å². The molecule has 24 heavy (non-hydrogen) atoms. The van der Waals surface area contributed by atoms with Crippen LogP contribution in [-0.2, 0) is 9.84 Å². The maximum Gasteiger partial charge on any atom is 0.287 e. The van der Waals surface area contributed by atoms with E-state index in [1.54, 1.807) is 12.1 Å². The van der Waals surface area contributed by atoms with E-state index in [-0.39, 0.29) is 53.2 Å². The molecule has 10 heteroatoms. The molecule has 1 atom stereocenters. The molecule has 2 heterocycles. The molecule has 0 aromatic carbocycles. The Hall–Kier alpha value is -1.30. The highest BCUT2D eigenvalue weighted by Gasteiger charge is 2.28. The van der Waals surface area contributed by atoms with E-state index in [1.807, 2.05) is 6.92 Å². The molecule has 0 saturated carbocycles. The van der Waals surface area contributed by atoms with Gasteiger partial charge in [-0.15, -0.1) is 24.0 Å². The minimum atomic E-state index is -2.93. The largest absolute Gasteiger partial charge is 0.459 e. The van der Waals surface area contributed by atoms with Crippen LogP contribution in [0.3, 0.4) is 0 Å². The van der Waals surface area contributed by atoms with Gasteiger partial charge >= 0.3 is 0 Å². The van der Waals surface area contributed by atoms with Crippen LogP contribution in [0.25, 0.3) is 0 Å². The second-order valence-electron chi connectivity index (χ2n) is 5.24. The number of hydrogen-bond acceptors (Lipinski definition) is 5. The first-order valence-corrected chi connectivity index (χ1v) is 9.39. The van der Waals surface area contributed by atoms with Crippen molar-refractivity contribution >= 4 is 45.7 Å². The van der Waals surface area contributed by atoms with Gasteiger partial charge in [0.05, 0.1) is 24.3 Å². The fourth-order valence-corrected chi connectivity index (χ4v) is 3.93. The summed E-state index contributed by atoms with van der Waals surface area (Å²) < 4.78 is 27.9. The van der Waals surface area contributed by atoms with Gasteiger partial charge in [-0.3, -0.25) is 9.79 Å². The molecular formula is C14H23IN4O4S. The van der Waals surface area contributed by atoms with Gasteiger partial charge in [0.15, 0.2) is 21.6 Å². The molecule has 1 unspecified atom stereocenters. The lowest BCUT2D eigenvalue weighted by Gasteiger charge is -2.15. The second-order valence-corrected chi connectivity index (χ2v) is 7.47. The zero-order chi connectivity index (χ0) is 16.7. The smallest absolute Gasteiger partial charge is 0.287 e. The van der Waals surface area contributed by atoms with Gasteiger partial charge in [0, 0.05) is 19.1 Å². The number of carbonyl (C=O) groups excluding carboxylic acids is 1. The maximum atomic E-state index is 11.7. The molecule has 1 fully saturated rings. The topological polar surface area (TPSA) is 113 Å². The summed E-state index contributed by atoms with van der Waals surface area (Å²) in [4.78, 5) is 16.0. The molecule has 0 spiro atoms. The molecule has 1 amide bonds. The molecule has 0 bridgehead atoms. The van der Waals surface area contributed by atoms with Crippen molar-refractivity contribution in [3.63, 3.8) is 0 Å². The second kappa shape index (κ2) is 9.87. The minimum Gasteiger partial charge on any atom is -0.459 e. The first-order valence-electron chi connectivity index (χ1n) is 7.57. The van der Waals surface area contributed by atoms with Crippen LogP contribution < -0.4 is 16.0 Å². The Balaban J connectivity index is 0.00000288. The lowest BCUT2D eigenvalue weighted by atomic mass is 10.3. The summed E-state index contributed by atoms with van der Waals surface area (Å²) in [5.41, 5.74) is 0. The van der Waals surface area contributed by atoms with E-state index in [0.29, 0.717) is 32.0 Å². The standard InChI is InChI=1S/C14H22N4O4S.HI/c1-2-15-14(18-11-5-9-23(20,21)10-11)17-7-6-16-13(19)12-4-3-8-22-12;/h3-4,8,11H,2,5-7,9-10H2,1H3,(H,16,19)(H2,15,17,18);1H. The van der Waals surface area contributed by atoms with Crippen LogP contribution in [0, 0.1) is 0 Å². The SMILES string of the molecule is CCNC(=NCCNC(=O)c1ccco1)NC1CCS(=O)(=O)C1.I. The third-order valence-electron chi connectivity index (χ3n) is 3.33. The Bertz CT molecular complexity index is 646. The molecule has 1 aromatic heterocycles. The molecule has 1 saturated heterocycles. The summed E-state index contributed by atoms with van der Waals surface area (Å²) in [5, 5.41) is 8.88. The van der Waals surface area contributed by atoms with Crippen LogP contribution in [0.2, 0.25) is 0 Å². The van der Waals surface area contributed by atoms with E-state index in [2.05, 4.69) is 20.9 Å². The van der Waals surface area contributed by atoms with Gasteiger partial charge in [-0.05, 0) is 25.5 Å². The van der Waals surface area contributed by atoms with Crippen LogP contribution in [-0.4, -0.2) is 57.5 Å². The molecule has 8 nitrogen and oxygen atoms in total. The molecule has 1 aliphatic heterocycles. The number of amides is 1. The Morgan fingerprint density at radius 1 is 1.42 bits per heavy atom. The number of nitrogens with one attached hydrogen (secondary N) is 3. The van der Waals surface area contributed by atoms with Crippen LogP contribution in [0.1, 0.15) is 23.9 Å². The average Bonchev–Trinajstić information content (AvgIpc) is 3.13. The van der Waals surface area contributed by atoms with Crippen molar-refractivity contribution in [2.75, 3.05) is 31.1 Å². The van der Waals surface area contributed by atoms with Crippen molar-refractivity contribution in [2.24, 2.45) is 4.99 Å². The van der Waals surface area contributed by atoms with E-state index in [0.717, 1.165) is 0 Å². The number of sulfone groups is 1. The van der Waals surface area contributed by atoms with Crippen molar-refractivity contribution in [3.05, 3.63) is 24.2 Å². The maximum absolute atomic E-state index is 11.7. The van der Waals surface area contributed by atoms with Gasteiger partial charge < -0.3 is 20.4 Å². The Morgan fingerprint density at radius 2 is 2.21 bits per heavy atom. The predicted molar refractivity (Wildman–Crippen MR) is 103 cm³/mol. The van der Waals surface area contributed by atoms with E-state index in [1.165, 1.54) is 6.26 Å². The highest BCUT2D eigenvalue weighted by Crippen LogP contribution is 2.10. The lowest BCUT2D eigenvalue weighted by molar-refractivity contribution is 0.0927. The minimum absolute atomic E-state index is 0. The first kappa shape index (κ1) is 20.7. The number of carbonyl (C=O) groups is 1. The van der Waals surface area contributed by atoms with Gasteiger partial charge in [0.2, 0.25) is 0 Å². The quantitative estimate of drug-likeness (QED) is 0.240. The molecule has 1 aliphatic rings. The Morgan fingerprint density at radius 3 is 2.79 bits per heavy atom. The predicted octanol–water partition coefficient (Wildman–Crippen LogP) is 0.370. The zero-order valence-electron chi connectivity index (χ0n) is 13.4. The van der Waals surface area contributed by atoms with Crippen molar-refractivity contribution in [2.45, 2.75) is 19.4 Å². The molecule has 2 rings (SSSR count). The third-order valence-corrected chi connectivity index (χ3v) is 5.10. The number of rotatable bonds is 6. The van der Waals surface area contributed by atoms with Gasteiger partial charge in [-0.1, -0.05) is 0 Å². The first-order chi connectivity index (χ1) is 11.0. The third kappa shape index (κ3) is 6.67. The van der Waals surface area contributed by atoms with Crippen molar-refractivity contribution in [1.82, 2.24) is 16.0 Å². The Kier molecular flexibility index (Phi) is 8.53. The van der Waals surface area contributed by atoms with E-state index in [4.69, 9.17) is 4.42 Å². The summed E-state index contributed by atoms with van der Waals surface area (Å²) >= 11 is 0. The molecule has 3 N–H and O–H groups in total. The van der Waals surface area contributed by atoms with Gasteiger partial charge in [-0.2, -0.15) is 0 Å². The van der Waals surface area contributed by atoms with Crippen molar-refractivity contribution in [3.8, 4) is 0 Å². The summed E-state index contributed by atoms with van der Waals surface area (Å²) in [7, 11) is -2.93. The number of halogens is 1. The van der Waals surface area contributed by atoms with E-state index >= 15 is 0 Å². The van der Waals surface area contributed by atoms with Crippen LogP contribution in [0.4, 0.5) is 0 Å². The van der Waals surface area contributed by atoms with Crippen LogP contribution in [0.15, 0.2) is 27.8 Å². The van der Waals surface area contributed by atoms with E-state index < -0.39 is 9.84 Å². The zero-order valence-corrected chi connectivity index (χ0v) is 16.6. The number of furan rings is 1. The molecule has 136 valence electrons. The van der Waals surface area contributed by atoms with Crippen LogP contribution >= 0.6 is 24.0 Å². The summed E-state index contributed by atoms with van der Waals surface area (Å²) in [6.07, 6.45) is 2.03. The van der Waals surface area contributed by atoms with Gasteiger partial charge in [-0.25, -0.2) is 8.42 Å². The molecule has 0 aliphatic carbocycles. The molecule has 1 aromatic rings. The molecule has 0 radical (unpaired) electrons. The summed E-state index contributed by atoms with van der Waals surface area (Å²) in [6.45, 7) is 3.34. The highest BCUT2D eigenvalue weighted by atomic mass is 127. The number of hydrogen-bond donors (Lipinski definition) is 3. The fourth-order valence-electron chi connectivity index (χ4n) is 2.25. The van der Waals surface area contributed by atoms with Crippen molar-refractivity contribution < 1.29 is 17.6 Å².